The Kier molecular flexibility index (Phi) is 6.30. The molecule has 1 aromatic heterocycles. The Hall–Kier alpha value is -1.96. The molecule has 1 N–H and O–H groups in total. The van der Waals surface area contributed by atoms with Crippen LogP contribution in [0.5, 0.6) is 0 Å². The second-order valence-electron chi connectivity index (χ2n) is 5.21. The maximum Gasteiger partial charge on any atom is 0.416 e. The summed E-state index contributed by atoms with van der Waals surface area (Å²) in [4.78, 5) is 11.9. The first kappa shape index (κ1) is 18.4. The first-order valence-electron chi connectivity index (χ1n) is 7.37. The van der Waals surface area contributed by atoms with Crippen molar-refractivity contribution in [2.45, 2.75) is 25.6 Å². The SMILES string of the molecule is CSCCCC(=O)Nc1ccnn1Cc1ccc(C(F)(F)F)cc1. The van der Waals surface area contributed by atoms with Crippen LogP contribution in [0.4, 0.5) is 19.0 Å². The topological polar surface area (TPSA) is 46.9 Å². The standard InChI is InChI=1S/C16H18F3N3OS/c1-24-10-2-3-15(23)21-14-8-9-20-22(14)11-12-4-6-13(7-5-12)16(17,18)19/h4-9H,2-3,10-11H2,1H3,(H,21,23). The number of amides is 1. The lowest BCUT2D eigenvalue weighted by molar-refractivity contribution is -0.137. The lowest BCUT2D eigenvalue weighted by Gasteiger charge is -2.10. The van der Waals surface area contributed by atoms with E-state index in [4.69, 9.17) is 0 Å². The zero-order valence-corrected chi connectivity index (χ0v) is 14.0. The largest absolute Gasteiger partial charge is 0.416 e. The molecule has 0 bridgehead atoms. The van der Waals surface area contributed by atoms with Gasteiger partial charge < -0.3 is 5.32 Å². The van der Waals surface area contributed by atoms with Gasteiger partial charge in [0.2, 0.25) is 5.91 Å². The fraction of sp³-hybridized carbons (Fsp3) is 0.375. The third-order valence-electron chi connectivity index (χ3n) is 3.35. The van der Waals surface area contributed by atoms with E-state index >= 15 is 0 Å². The third kappa shape index (κ3) is 5.30. The van der Waals surface area contributed by atoms with Crippen molar-refractivity contribution in [3.8, 4) is 0 Å². The van der Waals surface area contributed by atoms with Crippen LogP contribution < -0.4 is 5.32 Å². The molecule has 4 nitrogen and oxygen atoms in total. The molecule has 8 heteroatoms. The first-order chi connectivity index (χ1) is 11.4. The first-order valence-corrected chi connectivity index (χ1v) is 8.76. The molecule has 2 rings (SSSR count). The highest BCUT2D eigenvalue weighted by Gasteiger charge is 2.29. The van der Waals surface area contributed by atoms with E-state index < -0.39 is 11.7 Å². The molecular weight excluding hydrogens is 339 g/mol. The van der Waals surface area contributed by atoms with Gasteiger partial charge in [-0.25, -0.2) is 4.68 Å². The number of benzene rings is 1. The summed E-state index contributed by atoms with van der Waals surface area (Å²) in [6, 6.07) is 6.57. The van der Waals surface area contributed by atoms with E-state index in [1.54, 1.807) is 28.7 Å². The summed E-state index contributed by atoms with van der Waals surface area (Å²) in [6.45, 7) is 0.283. The zero-order chi connectivity index (χ0) is 17.6. The number of rotatable bonds is 7. The molecule has 0 saturated heterocycles. The van der Waals surface area contributed by atoms with Gasteiger partial charge in [-0.2, -0.15) is 30.0 Å². The Morgan fingerprint density at radius 2 is 1.96 bits per heavy atom. The van der Waals surface area contributed by atoms with E-state index in [2.05, 4.69) is 10.4 Å². The van der Waals surface area contributed by atoms with Crippen molar-refractivity contribution in [2.75, 3.05) is 17.3 Å². The van der Waals surface area contributed by atoms with Gasteiger partial charge in [-0.05, 0) is 36.1 Å². The fourth-order valence-corrected chi connectivity index (χ4v) is 2.55. The number of hydrogen-bond acceptors (Lipinski definition) is 3. The molecule has 1 aromatic carbocycles. The van der Waals surface area contributed by atoms with Crippen LogP contribution in [-0.4, -0.2) is 27.7 Å². The number of alkyl halides is 3. The Bertz CT molecular complexity index is 668. The van der Waals surface area contributed by atoms with Gasteiger partial charge in [-0.3, -0.25) is 4.79 Å². The smallest absolute Gasteiger partial charge is 0.311 e. The summed E-state index contributed by atoms with van der Waals surface area (Å²) < 4.78 is 39.2. The predicted molar refractivity (Wildman–Crippen MR) is 89.0 cm³/mol. The highest BCUT2D eigenvalue weighted by molar-refractivity contribution is 7.98. The molecule has 2 aromatic rings. The van der Waals surface area contributed by atoms with Crippen LogP contribution in [0.15, 0.2) is 36.5 Å². The second-order valence-corrected chi connectivity index (χ2v) is 6.20. The number of aromatic nitrogens is 2. The van der Waals surface area contributed by atoms with E-state index in [0.29, 0.717) is 17.8 Å². The monoisotopic (exact) mass is 357 g/mol. The van der Waals surface area contributed by atoms with Crippen LogP contribution in [-0.2, 0) is 17.5 Å². The van der Waals surface area contributed by atoms with E-state index in [1.807, 2.05) is 6.26 Å². The zero-order valence-electron chi connectivity index (χ0n) is 13.1. The Balaban J connectivity index is 1.99. The maximum absolute atomic E-state index is 12.6. The molecule has 1 amide bonds. The third-order valence-corrected chi connectivity index (χ3v) is 4.05. The van der Waals surface area contributed by atoms with Gasteiger partial charge in [0.1, 0.15) is 5.82 Å². The van der Waals surface area contributed by atoms with Crippen molar-refractivity contribution < 1.29 is 18.0 Å². The van der Waals surface area contributed by atoms with Gasteiger partial charge in [-0.1, -0.05) is 12.1 Å². The molecule has 0 aliphatic carbocycles. The summed E-state index contributed by atoms with van der Waals surface area (Å²) in [5, 5.41) is 6.89. The number of anilines is 1. The fourth-order valence-electron chi connectivity index (χ4n) is 2.12. The Morgan fingerprint density at radius 1 is 1.25 bits per heavy atom. The second kappa shape index (κ2) is 8.23. The molecule has 0 atom stereocenters. The minimum atomic E-state index is -4.35. The van der Waals surface area contributed by atoms with Crippen LogP contribution in [0.25, 0.3) is 0 Å². The number of hydrogen-bond donors (Lipinski definition) is 1. The van der Waals surface area contributed by atoms with Crippen LogP contribution >= 0.6 is 11.8 Å². The quantitative estimate of drug-likeness (QED) is 0.761. The lowest BCUT2D eigenvalue weighted by Crippen LogP contribution is -2.16. The van der Waals surface area contributed by atoms with Gasteiger partial charge in [0.05, 0.1) is 18.3 Å². The van der Waals surface area contributed by atoms with Crippen molar-refractivity contribution in [1.29, 1.82) is 0 Å². The lowest BCUT2D eigenvalue weighted by atomic mass is 10.1. The van der Waals surface area contributed by atoms with E-state index in [9.17, 15) is 18.0 Å². The number of nitrogens with zero attached hydrogens (tertiary/aromatic N) is 2. The summed E-state index contributed by atoms with van der Waals surface area (Å²) >= 11 is 1.68. The van der Waals surface area contributed by atoms with Gasteiger partial charge in [0.15, 0.2) is 0 Å². The minimum Gasteiger partial charge on any atom is -0.311 e. The summed E-state index contributed by atoms with van der Waals surface area (Å²) in [5.41, 5.74) is -0.0152. The van der Waals surface area contributed by atoms with Gasteiger partial charge >= 0.3 is 6.18 Å². The molecule has 0 radical (unpaired) electrons. The van der Waals surface area contributed by atoms with Crippen LogP contribution in [0.3, 0.4) is 0 Å². The molecule has 24 heavy (non-hydrogen) atoms. The number of thioether (sulfide) groups is 1. The molecule has 130 valence electrons. The molecule has 0 aliphatic rings. The van der Waals surface area contributed by atoms with E-state index in [0.717, 1.165) is 24.3 Å². The van der Waals surface area contributed by atoms with Crippen LogP contribution in [0.1, 0.15) is 24.0 Å². The van der Waals surface area contributed by atoms with Crippen molar-refractivity contribution >= 4 is 23.5 Å². The minimum absolute atomic E-state index is 0.0989. The van der Waals surface area contributed by atoms with Crippen LogP contribution in [0.2, 0.25) is 0 Å². The molecule has 1 heterocycles. The average Bonchev–Trinajstić information content (AvgIpc) is 2.94. The van der Waals surface area contributed by atoms with Gasteiger partial charge in [0.25, 0.3) is 0 Å². The number of nitrogens with one attached hydrogen (secondary N) is 1. The molecule has 0 fully saturated rings. The van der Waals surface area contributed by atoms with Crippen molar-refractivity contribution in [3.05, 3.63) is 47.7 Å². The van der Waals surface area contributed by atoms with Gasteiger partial charge in [0, 0.05) is 12.5 Å². The van der Waals surface area contributed by atoms with Crippen LogP contribution in [0, 0.1) is 0 Å². The summed E-state index contributed by atoms with van der Waals surface area (Å²) in [6.07, 6.45) is 0.394. The average molecular weight is 357 g/mol. The summed E-state index contributed by atoms with van der Waals surface area (Å²) in [7, 11) is 0. The molecule has 0 saturated carbocycles. The molecular formula is C16H18F3N3OS. The number of carbonyl (C=O) groups excluding carboxylic acids is 1. The normalized spacial score (nSPS) is 11.5. The van der Waals surface area contributed by atoms with E-state index in [1.165, 1.54) is 12.1 Å². The summed E-state index contributed by atoms with van der Waals surface area (Å²) in [5.74, 6) is 1.35. The number of halogens is 3. The number of carbonyl (C=O) groups is 1. The highest BCUT2D eigenvalue weighted by Crippen LogP contribution is 2.29. The predicted octanol–water partition coefficient (Wildman–Crippen LogP) is 4.03. The van der Waals surface area contributed by atoms with Crippen molar-refractivity contribution in [3.63, 3.8) is 0 Å². The van der Waals surface area contributed by atoms with Gasteiger partial charge in [-0.15, -0.1) is 0 Å². The van der Waals surface area contributed by atoms with E-state index in [-0.39, 0.29) is 12.5 Å². The molecule has 0 aliphatic heterocycles. The molecule has 0 spiro atoms. The molecule has 0 unspecified atom stereocenters. The highest BCUT2D eigenvalue weighted by atomic mass is 32.2. The van der Waals surface area contributed by atoms with Crippen molar-refractivity contribution in [2.24, 2.45) is 0 Å². The Labute approximate surface area is 142 Å². The maximum atomic E-state index is 12.6. The Morgan fingerprint density at radius 3 is 2.58 bits per heavy atom. The van der Waals surface area contributed by atoms with Crippen molar-refractivity contribution in [1.82, 2.24) is 9.78 Å².